The number of nitrogens with zero attached hydrogens (tertiary/aromatic N) is 5. The van der Waals surface area contributed by atoms with Gasteiger partial charge in [-0.2, -0.15) is 13.2 Å². The average molecular weight is 567 g/mol. The third kappa shape index (κ3) is 6.11. The fourth-order valence-corrected chi connectivity index (χ4v) is 5.67. The lowest BCUT2D eigenvalue weighted by Gasteiger charge is -2.41. The van der Waals surface area contributed by atoms with E-state index in [4.69, 9.17) is 11.6 Å². The van der Waals surface area contributed by atoms with E-state index >= 15 is 0 Å². The first-order valence-electron chi connectivity index (χ1n) is 12.9. The number of carbonyl (C=O) groups excluding carboxylic acids is 2. The number of halogens is 4. The first kappa shape index (κ1) is 27.6. The minimum Gasteiger partial charge on any atom is -0.339 e. The molecule has 3 aliphatic heterocycles. The van der Waals surface area contributed by atoms with Crippen LogP contribution in [-0.2, 0) is 16.1 Å². The third-order valence-electron chi connectivity index (χ3n) is 7.51. The van der Waals surface area contributed by atoms with Gasteiger partial charge in [0.2, 0.25) is 17.8 Å². The van der Waals surface area contributed by atoms with Crippen LogP contribution in [0.3, 0.4) is 0 Å². The van der Waals surface area contributed by atoms with Crippen molar-refractivity contribution in [3.8, 4) is 0 Å². The molecule has 0 saturated carbocycles. The molecule has 0 spiro atoms. The zero-order valence-corrected chi connectivity index (χ0v) is 21.9. The predicted molar refractivity (Wildman–Crippen MR) is 138 cm³/mol. The molecule has 2 amide bonds. The van der Waals surface area contributed by atoms with Crippen molar-refractivity contribution in [3.05, 3.63) is 52.8 Å². The molecule has 2 fully saturated rings. The topological polar surface area (TPSA) is 106 Å². The molecule has 210 valence electrons. The summed E-state index contributed by atoms with van der Waals surface area (Å²) in [4.78, 5) is 39.0. The minimum absolute atomic E-state index is 0.00754. The van der Waals surface area contributed by atoms with Gasteiger partial charge >= 0.3 is 6.18 Å². The Kier molecular flexibility index (Phi) is 8.21. The number of hydrazine groups is 1. The van der Waals surface area contributed by atoms with E-state index in [1.54, 1.807) is 22.2 Å². The maximum absolute atomic E-state index is 13.9. The molecule has 3 atom stereocenters. The number of fused-ring (bicyclic) bond motifs is 1. The molecule has 0 radical (unpaired) electrons. The van der Waals surface area contributed by atoms with E-state index in [9.17, 15) is 22.8 Å². The lowest BCUT2D eigenvalue weighted by molar-refractivity contribution is -0.202. The molecular formula is C25H30ClF3N8O2. The Morgan fingerprint density at radius 2 is 1.85 bits per heavy atom. The predicted octanol–water partition coefficient (Wildman–Crippen LogP) is 1.50. The van der Waals surface area contributed by atoms with Crippen LogP contribution in [0.5, 0.6) is 0 Å². The SMILES string of the molecule is O=C1NNCC(N2Cc3ccccc3[C@H]2CNCCC(=O)N2CCN(c3ncc(Cl)cn3)CC2)C1C(F)(F)F. The number of hydrogen-bond acceptors (Lipinski definition) is 8. The largest absolute Gasteiger partial charge is 0.402 e. The van der Waals surface area contributed by atoms with Crippen LogP contribution in [0.15, 0.2) is 36.7 Å². The molecule has 14 heteroatoms. The number of benzene rings is 1. The van der Waals surface area contributed by atoms with E-state index in [1.807, 2.05) is 29.2 Å². The van der Waals surface area contributed by atoms with Gasteiger partial charge in [0.05, 0.1) is 17.4 Å². The quantitative estimate of drug-likeness (QED) is 0.433. The fourth-order valence-electron chi connectivity index (χ4n) is 5.57. The summed E-state index contributed by atoms with van der Waals surface area (Å²) in [5.74, 6) is -2.62. The Balaban J connectivity index is 1.16. The molecule has 2 unspecified atom stereocenters. The maximum Gasteiger partial charge on any atom is 0.402 e. The number of piperazine rings is 1. The second kappa shape index (κ2) is 11.6. The second-order valence-corrected chi connectivity index (χ2v) is 10.3. The number of alkyl halides is 3. The van der Waals surface area contributed by atoms with Crippen molar-refractivity contribution in [1.82, 2.24) is 35.9 Å². The van der Waals surface area contributed by atoms with Crippen molar-refractivity contribution in [2.75, 3.05) is 50.7 Å². The normalized spacial score (nSPS) is 24.0. The Hall–Kier alpha value is -3.00. The fraction of sp³-hybridized carbons (Fsp3) is 0.520. The molecule has 3 N–H and O–H groups in total. The zero-order valence-electron chi connectivity index (χ0n) is 21.1. The van der Waals surface area contributed by atoms with Gasteiger partial charge in [0.15, 0.2) is 5.92 Å². The summed E-state index contributed by atoms with van der Waals surface area (Å²) in [6.07, 6.45) is -1.32. The molecule has 5 rings (SSSR count). The van der Waals surface area contributed by atoms with Gasteiger partial charge < -0.3 is 15.1 Å². The van der Waals surface area contributed by atoms with Crippen LogP contribution in [0, 0.1) is 5.92 Å². The van der Waals surface area contributed by atoms with E-state index in [2.05, 4.69) is 26.1 Å². The Bertz CT molecular complexity index is 1180. The molecule has 4 heterocycles. The van der Waals surface area contributed by atoms with Crippen LogP contribution in [-0.4, -0.2) is 89.6 Å². The molecule has 1 aromatic heterocycles. The van der Waals surface area contributed by atoms with Crippen molar-refractivity contribution >= 4 is 29.4 Å². The van der Waals surface area contributed by atoms with Gasteiger partial charge in [-0.25, -0.2) is 15.4 Å². The van der Waals surface area contributed by atoms with E-state index in [-0.39, 0.29) is 24.9 Å². The Labute approximate surface area is 228 Å². The first-order chi connectivity index (χ1) is 18.7. The molecule has 0 aliphatic carbocycles. The highest BCUT2D eigenvalue weighted by atomic mass is 35.5. The van der Waals surface area contributed by atoms with Crippen molar-refractivity contribution in [3.63, 3.8) is 0 Å². The van der Waals surface area contributed by atoms with Crippen LogP contribution < -0.4 is 21.1 Å². The highest BCUT2D eigenvalue weighted by Gasteiger charge is 2.54. The van der Waals surface area contributed by atoms with Crippen LogP contribution >= 0.6 is 11.6 Å². The molecule has 0 bridgehead atoms. The Morgan fingerprint density at radius 1 is 1.13 bits per heavy atom. The van der Waals surface area contributed by atoms with Gasteiger partial charge in [0.25, 0.3) is 0 Å². The monoisotopic (exact) mass is 566 g/mol. The number of anilines is 1. The van der Waals surface area contributed by atoms with E-state index < -0.39 is 24.0 Å². The second-order valence-electron chi connectivity index (χ2n) is 9.87. The first-order valence-corrected chi connectivity index (χ1v) is 13.2. The molecule has 1 aromatic carbocycles. The van der Waals surface area contributed by atoms with Crippen LogP contribution in [0.1, 0.15) is 23.6 Å². The Morgan fingerprint density at radius 3 is 2.56 bits per heavy atom. The van der Waals surface area contributed by atoms with Crippen LogP contribution in [0.25, 0.3) is 0 Å². The molecule has 2 aromatic rings. The lowest BCUT2D eigenvalue weighted by atomic mass is 9.94. The molecule has 3 aliphatic rings. The summed E-state index contributed by atoms with van der Waals surface area (Å²) in [5, 5.41) is 3.74. The van der Waals surface area contributed by atoms with Crippen molar-refractivity contribution in [2.24, 2.45) is 5.92 Å². The average Bonchev–Trinajstić information content (AvgIpc) is 3.29. The highest BCUT2D eigenvalue weighted by molar-refractivity contribution is 6.30. The minimum atomic E-state index is -4.67. The standard InChI is InChI=1S/C25H30ClF3N8O2/c26-17-11-31-24(32-12-17)36-9-7-35(8-10-36)21(38)5-6-30-13-19-18-4-2-1-3-16(18)15-37(19)20-14-33-34-23(39)22(20)25(27,28)29/h1-4,11-12,19-20,22,30,33H,5-10,13-15H2,(H,34,39)/t19-,20?,22?/m1/s1. The maximum atomic E-state index is 13.9. The highest BCUT2D eigenvalue weighted by Crippen LogP contribution is 2.40. The van der Waals surface area contributed by atoms with Gasteiger partial charge in [0, 0.05) is 70.9 Å². The molecule has 2 saturated heterocycles. The number of nitrogens with one attached hydrogen (secondary N) is 3. The number of carbonyl (C=O) groups is 2. The van der Waals surface area contributed by atoms with Gasteiger partial charge in [-0.3, -0.25) is 19.9 Å². The summed E-state index contributed by atoms with van der Waals surface area (Å²) in [6, 6.07) is 6.12. The third-order valence-corrected chi connectivity index (χ3v) is 7.71. The van der Waals surface area contributed by atoms with Crippen LogP contribution in [0.4, 0.5) is 19.1 Å². The van der Waals surface area contributed by atoms with Gasteiger partial charge in [0.1, 0.15) is 0 Å². The summed E-state index contributed by atoms with van der Waals surface area (Å²) < 4.78 is 41.6. The smallest absolute Gasteiger partial charge is 0.339 e. The molecule has 10 nitrogen and oxygen atoms in total. The van der Waals surface area contributed by atoms with Crippen molar-refractivity contribution in [1.29, 1.82) is 0 Å². The number of aromatic nitrogens is 2. The van der Waals surface area contributed by atoms with Gasteiger partial charge in [-0.05, 0) is 11.1 Å². The summed E-state index contributed by atoms with van der Waals surface area (Å²) in [5.41, 5.74) is 6.62. The van der Waals surface area contributed by atoms with Gasteiger partial charge in [-0.15, -0.1) is 0 Å². The molecular weight excluding hydrogens is 537 g/mol. The number of amides is 2. The summed E-state index contributed by atoms with van der Waals surface area (Å²) >= 11 is 5.85. The summed E-state index contributed by atoms with van der Waals surface area (Å²) in [7, 11) is 0. The number of rotatable bonds is 7. The number of hydrogen-bond donors (Lipinski definition) is 3. The van der Waals surface area contributed by atoms with Gasteiger partial charge in [-0.1, -0.05) is 35.9 Å². The zero-order chi connectivity index (χ0) is 27.6. The van der Waals surface area contributed by atoms with Crippen LogP contribution in [0.2, 0.25) is 5.02 Å². The van der Waals surface area contributed by atoms with E-state index in [1.165, 1.54) is 0 Å². The summed E-state index contributed by atoms with van der Waals surface area (Å²) in [6.45, 7) is 3.35. The van der Waals surface area contributed by atoms with Crippen molar-refractivity contribution in [2.45, 2.75) is 31.2 Å². The molecule has 39 heavy (non-hydrogen) atoms. The van der Waals surface area contributed by atoms with Crippen molar-refractivity contribution < 1.29 is 22.8 Å². The lowest BCUT2D eigenvalue weighted by Crippen LogP contribution is -2.64. The van der Waals surface area contributed by atoms with E-state index in [0.717, 1.165) is 11.1 Å². The van der Waals surface area contributed by atoms with E-state index in [0.29, 0.717) is 56.8 Å².